The molecule has 6 heteroatoms. The molecule has 0 aliphatic rings. The fraction of sp³-hybridized carbons (Fsp3) is 0.238. The largest absolute Gasteiger partial charge is 0.495 e. The molecule has 0 aliphatic carbocycles. The van der Waals surface area contributed by atoms with Gasteiger partial charge in [0.15, 0.2) is 23.0 Å². The Balaban J connectivity index is 1.79. The van der Waals surface area contributed by atoms with Crippen molar-refractivity contribution < 1.29 is 28.4 Å². The standard InChI is InChI=1S/C42H42O6/c1-24-20-29-31(22-33(44-5)41(47-8)38(29)27-16-12-10-13-17-27)37(26(3)43-4)35(24)36-25(2)21-30-32(40(36)46-7)23-34(45-6)42(48-9)39(30)28-18-14-11-15-19-28/h10-23,26H,1-9H3. The number of benzene rings is 6. The Morgan fingerprint density at radius 2 is 0.875 bits per heavy atom. The van der Waals surface area contributed by atoms with Gasteiger partial charge < -0.3 is 28.4 Å². The molecule has 6 aromatic rings. The monoisotopic (exact) mass is 642 g/mol. The van der Waals surface area contributed by atoms with E-state index in [1.807, 2.05) is 42.5 Å². The lowest BCUT2D eigenvalue weighted by Gasteiger charge is -2.27. The van der Waals surface area contributed by atoms with Gasteiger partial charge in [-0.05, 0) is 88.5 Å². The highest BCUT2D eigenvalue weighted by molar-refractivity contribution is 6.11. The summed E-state index contributed by atoms with van der Waals surface area (Å²) >= 11 is 0. The van der Waals surface area contributed by atoms with Gasteiger partial charge in [0.25, 0.3) is 0 Å². The maximum Gasteiger partial charge on any atom is 0.169 e. The summed E-state index contributed by atoms with van der Waals surface area (Å²) < 4.78 is 36.4. The van der Waals surface area contributed by atoms with E-state index >= 15 is 0 Å². The minimum atomic E-state index is -0.269. The zero-order valence-corrected chi connectivity index (χ0v) is 29.1. The highest BCUT2D eigenvalue weighted by Crippen LogP contribution is 2.53. The van der Waals surface area contributed by atoms with Crippen LogP contribution in [0.15, 0.2) is 84.9 Å². The van der Waals surface area contributed by atoms with Crippen molar-refractivity contribution in [3.05, 3.63) is 102 Å². The van der Waals surface area contributed by atoms with Gasteiger partial charge >= 0.3 is 0 Å². The van der Waals surface area contributed by atoms with Crippen LogP contribution in [0.5, 0.6) is 28.7 Å². The van der Waals surface area contributed by atoms with Crippen molar-refractivity contribution in [2.75, 3.05) is 42.7 Å². The SMILES string of the molecule is COc1cc2c(OC)c(-c3c(C)cc4c(-c5ccccc5)c(OC)c(OC)cc4c3C(C)OC)c(C)cc2c(-c2ccccc2)c1OC. The second kappa shape index (κ2) is 13.5. The number of hydrogen-bond acceptors (Lipinski definition) is 6. The van der Waals surface area contributed by atoms with Crippen LogP contribution >= 0.6 is 0 Å². The number of ether oxygens (including phenoxy) is 6. The third-order valence-corrected chi connectivity index (χ3v) is 9.30. The molecule has 0 fully saturated rings. The predicted molar refractivity (Wildman–Crippen MR) is 195 cm³/mol. The van der Waals surface area contributed by atoms with E-state index in [2.05, 4.69) is 63.2 Å². The Morgan fingerprint density at radius 3 is 1.31 bits per heavy atom. The predicted octanol–water partition coefficient (Wildman–Crippen LogP) is 10.4. The number of fused-ring (bicyclic) bond motifs is 2. The number of hydrogen-bond donors (Lipinski definition) is 0. The lowest BCUT2D eigenvalue weighted by atomic mass is 9.82. The summed E-state index contributed by atoms with van der Waals surface area (Å²) in [5.41, 5.74) is 9.20. The second-order valence-electron chi connectivity index (χ2n) is 11.9. The first kappa shape index (κ1) is 32.7. The number of aryl methyl sites for hydroxylation is 2. The molecule has 0 aromatic heterocycles. The Kier molecular flexibility index (Phi) is 9.20. The quantitative estimate of drug-likeness (QED) is 0.148. The third-order valence-electron chi connectivity index (χ3n) is 9.30. The number of methoxy groups -OCH3 is 6. The average molecular weight is 643 g/mol. The van der Waals surface area contributed by atoms with Crippen molar-refractivity contribution in [1.82, 2.24) is 0 Å². The molecule has 1 unspecified atom stereocenters. The van der Waals surface area contributed by atoms with Crippen LogP contribution in [0.4, 0.5) is 0 Å². The molecule has 0 N–H and O–H groups in total. The van der Waals surface area contributed by atoms with E-state index in [1.54, 1.807) is 42.7 Å². The number of rotatable bonds is 10. The lowest BCUT2D eigenvalue weighted by Crippen LogP contribution is -2.06. The van der Waals surface area contributed by atoms with Gasteiger partial charge in [0.2, 0.25) is 0 Å². The summed E-state index contributed by atoms with van der Waals surface area (Å²) in [5.74, 6) is 3.39. The van der Waals surface area contributed by atoms with Crippen LogP contribution in [0, 0.1) is 13.8 Å². The maximum absolute atomic E-state index is 6.39. The Morgan fingerprint density at radius 1 is 0.438 bits per heavy atom. The van der Waals surface area contributed by atoms with Crippen molar-refractivity contribution in [1.29, 1.82) is 0 Å². The van der Waals surface area contributed by atoms with Crippen LogP contribution in [0.1, 0.15) is 29.7 Å². The van der Waals surface area contributed by atoms with Crippen LogP contribution in [0.25, 0.3) is 54.9 Å². The molecule has 0 spiro atoms. The van der Waals surface area contributed by atoms with E-state index in [9.17, 15) is 0 Å². The summed E-state index contributed by atoms with van der Waals surface area (Å²) in [6.07, 6.45) is -0.269. The average Bonchev–Trinajstić information content (AvgIpc) is 3.12. The van der Waals surface area contributed by atoms with Crippen LogP contribution < -0.4 is 23.7 Å². The zero-order chi connectivity index (χ0) is 34.1. The minimum Gasteiger partial charge on any atom is -0.495 e. The molecule has 0 saturated carbocycles. The minimum absolute atomic E-state index is 0.269. The van der Waals surface area contributed by atoms with Gasteiger partial charge in [0, 0.05) is 29.2 Å². The first-order valence-electron chi connectivity index (χ1n) is 16.0. The van der Waals surface area contributed by atoms with Gasteiger partial charge in [0.1, 0.15) is 5.75 Å². The van der Waals surface area contributed by atoms with Crippen LogP contribution in [-0.2, 0) is 4.74 Å². The first-order chi connectivity index (χ1) is 23.3. The van der Waals surface area contributed by atoms with E-state index in [0.717, 1.165) is 77.4 Å². The summed E-state index contributed by atoms with van der Waals surface area (Å²) in [4.78, 5) is 0. The molecule has 6 aromatic carbocycles. The molecule has 0 saturated heterocycles. The van der Waals surface area contributed by atoms with E-state index in [4.69, 9.17) is 28.4 Å². The third kappa shape index (κ3) is 5.26. The molecule has 1 atom stereocenters. The molecule has 0 aliphatic heterocycles. The Hall–Kier alpha value is -5.20. The molecule has 0 radical (unpaired) electrons. The zero-order valence-electron chi connectivity index (χ0n) is 29.1. The Bertz CT molecular complexity index is 2120. The first-order valence-corrected chi connectivity index (χ1v) is 16.0. The summed E-state index contributed by atoms with van der Waals surface area (Å²) in [7, 11) is 10.2. The van der Waals surface area contributed by atoms with Crippen molar-refractivity contribution in [2.45, 2.75) is 26.9 Å². The van der Waals surface area contributed by atoms with Gasteiger partial charge in [-0.25, -0.2) is 0 Å². The fourth-order valence-electron chi connectivity index (χ4n) is 7.14. The summed E-state index contributed by atoms with van der Waals surface area (Å²) in [6.45, 7) is 6.37. The van der Waals surface area contributed by atoms with E-state index in [0.29, 0.717) is 23.0 Å². The maximum atomic E-state index is 6.39. The van der Waals surface area contributed by atoms with Crippen LogP contribution in [0.3, 0.4) is 0 Å². The van der Waals surface area contributed by atoms with Gasteiger partial charge in [-0.1, -0.05) is 66.7 Å². The molecule has 0 heterocycles. The van der Waals surface area contributed by atoms with E-state index < -0.39 is 0 Å². The van der Waals surface area contributed by atoms with Crippen LogP contribution in [-0.4, -0.2) is 42.7 Å². The normalized spacial score (nSPS) is 11.9. The molecule has 0 amide bonds. The molecular weight excluding hydrogens is 600 g/mol. The van der Waals surface area contributed by atoms with Crippen molar-refractivity contribution in [2.24, 2.45) is 0 Å². The Labute approximate surface area is 282 Å². The van der Waals surface area contributed by atoms with E-state index in [1.165, 1.54) is 0 Å². The van der Waals surface area contributed by atoms with Gasteiger partial charge in [0.05, 0.1) is 41.7 Å². The molecular formula is C42H42O6. The molecule has 6 rings (SSSR count). The van der Waals surface area contributed by atoms with Crippen molar-refractivity contribution in [3.63, 3.8) is 0 Å². The molecule has 48 heavy (non-hydrogen) atoms. The van der Waals surface area contributed by atoms with Crippen LogP contribution in [0.2, 0.25) is 0 Å². The highest BCUT2D eigenvalue weighted by atomic mass is 16.5. The topological polar surface area (TPSA) is 55.4 Å². The van der Waals surface area contributed by atoms with Crippen molar-refractivity contribution >= 4 is 21.5 Å². The molecule has 6 nitrogen and oxygen atoms in total. The summed E-state index contributed by atoms with van der Waals surface area (Å²) in [6, 6.07) is 29.1. The second-order valence-corrected chi connectivity index (χ2v) is 11.9. The fourth-order valence-corrected chi connectivity index (χ4v) is 7.14. The smallest absolute Gasteiger partial charge is 0.169 e. The highest BCUT2D eigenvalue weighted by Gasteiger charge is 2.29. The summed E-state index contributed by atoms with van der Waals surface area (Å²) in [5, 5.41) is 3.99. The van der Waals surface area contributed by atoms with Crippen molar-refractivity contribution in [3.8, 4) is 62.1 Å². The molecule has 246 valence electrons. The lowest BCUT2D eigenvalue weighted by molar-refractivity contribution is 0.121. The van der Waals surface area contributed by atoms with Gasteiger partial charge in [-0.3, -0.25) is 0 Å². The van der Waals surface area contributed by atoms with Gasteiger partial charge in [-0.2, -0.15) is 0 Å². The molecule has 0 bridgehead atoms. The van der Waals surface area contributed by atoms with Gasteiger partial charge in [-0.15, -0.1) is 0 Å². The van der Waals surface area contributed by atoms with E-state index in [-0.39, 0.29) is 6.10 Å².